The molecule has 6 heteroatoms. The number of carbonyl (C=O) groups excluding carboxylic acids is 2. The van der Waals surface area contributed by atoms with Crippen LogP contribution >= 0.6 is 11.3 Å². The molecule has 2 amide bonds. The zero-order chi connectivity index (χ0) is 18.4. The van der Waals surface area contributed by atoms with Crippen LogP contribution in [0.1, 0.15) is 36.9 Å². The summed E-state index contributed by atoms with van der Waals surface area (Å²) in [7, 11) is 0. The van der Waals surface area contributed by atoms with Gasteiger partial charge < -0.3 is 10.6 Å². The van der Waals surface area contributed by atoms with Gasteiger partial charge in [0.25, 0.3) is 0 Å². The van der Waals surface area contributed by atoms with E-state index in [0.717, 1.165) is 25.1 Å². The van der Waals surface area contributed by atoms with E-state index in [1.807, 2.05) is 31.2 Å². The molecule has 26 heavy (non-hydrogen) atoms. The number of likely N-dealkylation sites (tertiary alicyclic amines) is 1. The van der Waals surface area contributed by atoms with Gasteiger partial charge in [-0.25, -0.2) is 0 Å². The molecular formula is C20H25N3O2S. The number of aryl methyl sites for hydroxylation is 1. The van der Waals surface area contributed by atoms with Crippen molar-refractivity contribution in [2.75, 3.05) is 25.0 Å². The lowest BCUT2D eigenvalue weighted by atomic mass is 10.1. The molecule has 2 N–H and O–H groups in total. The molecule has 0 spiro atoms. The summed E-state index contributed by atoms with van der Waals surface area (Å²) in [5, 5.41) is 9.71. The Bertz CT molecular complexity index is 739. The third-order valence-corrected chi connectivity index (χ3v) is 5.52. The first-order chi connectivity index (χ1) is 12.7. The number of rotatable bonds is 6. The zero-order valence-corrected chi connectivity index (χ0v) is 15.8. The monoisotopic (exact) mass is 371 g/mol. The number of benzene rings is 1. The number of anilines is 1. The van der Waals surface area contributed by atoms with E-state index < -0.39 is 11.8 Å². The fourth-order valence-corrected chi connectivity index (χ4v) is 4.08. The fraction of sp³-hybridized carbons (Fsp3) is 0.400. The summed E-state index contributed by atoms with van der Waals surface area (Å²) in [6, 6.07) is 9.78. The number of para-hydroxylation sites is 1. The van der Waals surface area contributed by atoms with Crippen molar-refractivity contribution in [1.29, 1.82) is 0 Å². The van der Waals surface area contributed by atoms with Gasteiger partial charge in [-0.15, -0.1) is 0 Å². The van der Waals surface area contributed by atoms with Crippen LogP contribution in [0.15, 0.2) is 41.1 Å². The highest BCUT2D eigenvalue weighted by Gasteiger charge is 2.25. The average Bonchev–Trinajstić information content (AvgIpc) is 3.36. The lowest BCUT2D eigenvalue weighted by Crippen LogP contribution is -2.41. The molecule has 1 unspecified atom stereocenters. The molecule has 1 fully saturated rings. The van der Waals surface area contributed by atoms with E-state index in [1.165, 1.54) is 18.4 Å². The van der Waals surface area contributed by atoms with Crippen LogP contribution < -0.4 is 10.6 Å². The van der Waals surface area contributed by atoms with Crippen LogP contribution in [0.5, 0.6) is 0 Å². The normalized spacial score (nSPS) is 15.6. The molecule has 1 aromatic heterocycles. The lowest BCUT2D eigenvalue weighted by Gasteiger charge is -2.27. The second kappa shape index (κ2) is 8.96. The summed E-state index contributed by atoms with van der Waals surface area (Å²) in [4.78, 5) is 26.9. The summed E-state index contributed by atoms with van der Waals surface area (Å²) in [6.07, 6.45) is 3.17. The quantitative estimate of drug-likeness (QED) is 0.767. The minimum Gasteiger partial charge on any atom is -0.346 e. The molecule has 1 aromatic carbocycles. The maximum atomic E-state index is 12.3. The Labute approximate surface area is 158 Å². The Morgan fingerprint density at radius 2 is 1.92 bits per heavy atom. The minimum atomic E-state index is -0.614. The van der Waals surface area contributed by atoms with Gasteiger partial charge in [0, 0.05) is 12.2 Å². The Hall–Kier alpha value is -2.18. The summed E-state index contributed by atoms with van der Waals surface area (Å²) in [5.74, 6) is -1.20. The first-order valence-corrected chi connectivity index (χ1v) is 10.1. The number of nitrogens with one attached hydrogen (secondary N) is 2. The zero-order valence-electron chi connectivity index (χ0n) is 15.0. The van der Waals surface area contributed by atoms with Crippen molar-refractivity contribution in [2.45, 2.75) is 32.2 Å². The fourth-order valence-electron chi connectivity index (χ4n) is 3.37. The van der Waals surface area contributed by atoms with E-state index in [4.69, 9.17) is 0 Å². The Kier molecular flexibility index (Phi) is 6.41. The van der Waals surface area contributed by atoms with Crippen LogP contribution in [0.4, 0.5) is 5.69 Å². The van der Waals surface area contributed by atoms with Gasteiger partial charge in [-0.1, -0.05) is 25.1 Å². The predicted molar refractivity (Wildman–Crippen MR) is 105 cm³/mol. The van der Waals surface area contributed by atoms with Gasteiger partial charge in [-0.2, -0.15) is 11.3 Å². The lowest BCUT2D eigenvalue weighted by molar-refractivity contribution is -0.136. The number of hydrogen-bond donors (Lipinski definition) is 2. The van der Waals surface area contributed by atoms with Crippen LogP contribution in [-0.2, 0) is 16.0 Å². The number of carbonyl (C=O) groups is 2. The van der Waals surface area contributed by atoms with Crippen molar-refractivity contribution < 1.29 is 9.59 Å². The summed E-state index contributed by atoms with van der Waals surface area (Å²) in [5.41, 5.74) is 2.92. The van der Waals surface area contributed by atoms with Gasteiger partial charge in [0.05, 0.1) is 6.04 Å². The second-order valence-corrected chi connectivity index (χ2v) is 7.27. The molecular weight excluding hydrogens is 346 g/mol. The Balaban J connectivity index is 1.60. The molecule has 2 aromatic rings. The number of thiophene rings is 1. The topological polar surface area (TPSA) is 61.4 Å². The molecule has 0 saturated carbocycles. The van der Waals surface area contributed by atoms with Crippen LogP contribution in [0.2, 0.25) is 0 Å². The van der Waals surface area contributed by atoms with E-state index in [1.54, 1.807) is 11.3 Å². The van der Waals surface area contributed by atoms with Gasteiger partial charge in [0.2, 0.25) is 0 Å². The molecule has 1 saturated heterocycles. The molecule has 5 nitrogen and oxygen atoms in total. The molecule has 1 aliphatic heterocycles. The third kappa shape index (κ3) is 4.51. The molecule has 1 atom stereocenters. The standard InChI is InChI=1S/C20H25N3O2S/c1-2-15-7-3-4-8-17(15)22-20(25)19(24)21-13-18(16-9-12-26-14-16)23-10-5-6-11-23/h3-4,7-9,12,14,18H,2,5-6,10-11,13H2,1H3,(H,21,24)(H,22,25). The molecule has 1 aliphatic rings. The van der Waals surface area contributed by atoms with Crippen LogP contribution in [-0.4, -0.2) is 36.3 Å². The van der Waals surface area contributed by atoms with Crippen LogP contribution in [0.3, 0.4) is 0 Å². The Morgan fingerprint density at radius 1 is 1.15 bits per heavy atom. The second-order valence-electron chi connectivity index (χ2n) is 6.49. The van der Waals surface area contributed by atoms with Crippen molar-refractivity contribution in [3.05, 3.63) is 52.2 Å². The van der Waals surface area contributed by atoms with Crippen molar-refractivity contribution in [3.63, 3.8) is 0 Å². The van der Waals surface area contributed by atoms with Gasteiger partial charge in [0.1, 0.15) is 0 Å². The predicted octanol–water partition coefficient (Wildman–Crippen LogP) is 3.20. The van der Waals surface area contributed by atoms with Crippen molar-refractivity contribution in [1.82, 2.24) is 10.2 Å². The molecule has 0 radical (unpaired) electrons. The van der Waals surface area contributed by atoms with E-state index in [9.17, 15) is 9.59 Å². The average molecular weight is 372 g/mol. The van der Waals surface area contributed by atoms with Gasteiger partial charge in [-0.3, -0.25) is 14.5 Å². The minimum absolute atomic E-state index is 0.128. The maximum absolute atomic E-state index is 12.3. The third-order valence-electron chi connectivity index (χ3n) is 4.82. The highest BCUT2D eigenvalue weighted by molar-refractivity contribution is 7.08. The number of amides is 2. The SMILES string of the molecule is CCc1ccccc1NC(=O)C(=O)NCC(c1ccsc1)N1CCCC1. The van der Waals surface area contributed by atoms with E-state index >= 15 is 0 Å². The Morgan fingerprint density at radius 3 is 2.62 bits per heavy atom. The summed E-state index contributed by atoms with van der Waals surface area (Å²) >= 11 is 1.65. The first kappa shape index (κ1) is 18.6. The van der Waals surface area contributed by atoms with Crippen LogP contribution in [0, 0.1) is 0 Å². The van der Waals surface area contributed by atoms with E-state index in [-0.39, 0.29) is 6.04 Å². The largest absolute Gasteiger partial charge is 0.346 e. The molecule has 3 rings (SSSR count). The smallest absolute Gasteiger partial charge is 0.313 e. The molecule has 0 bridgehead atoms. The highest BCUT2D eigenvalue weighted by atomic mass is 32.1. The van der Waals surface area contributed by atoms with Crippen molar-refractivity contribution >= 4 is 28.8 Å². The number of hydrogen-bond acceptors (Lipinski definition) is 4. The van der Waals surface area contributed by atoms with Crippen molar-refractivity contribution in [2.24, 2.45) is 0 Å². The maximum Gasteiger partial charge on any atom is 0.313 e. The van der Waals surface area contributed by atoms with Crippen molar-refractivity contribution in [3.8, 4) is 0 Å². The summed E-state index contributed by atoms with van der Waals surface area (Å²) in [6.45, 7) is 4.53. The van der Waals surface area contributed by atoms with Gasteiger partial charge in [-0.05, 0) is 66.4 Å². The molecule has 138 valence electrons. The van der Waals surface area contributed by atoms with E-state index in [2.05, 4.69) is 32.4 Å². The first-order valence-electron chi connectivity index (χ1n) is 9.12. The summed E-state index contributed by atoms with van der Waals surface area (Å²) < 4.78 is 0. The van der Waals surface area contributed by atoms with E-state index in [0.29, 0.717) is 12.2 Å². The van der Waals surface area contributed by atoms with Gasteiger partial charge >= 0.3 is 11.8 Å². The highest BCUT2D eigenvalue weighted by Crippen LogP contribution is 2.26. The number of nitrogens with zero attached hydrogens (tertiary/aromatic N) is 1. The molecule has 0 aliphatic carbocycles. The van der Waals surface area contributed by atoms with Crippen LogP contribution in [0.25, 0.3) is 0 Å². The van der Waals surface area contributed by atoms with Gasteiger partial charge in [0.15, 0.2) is 0 Å². The molecule has 2 heterocycles.